The summed E-state index contributed by atoms with van der Waals surface area (Å²) in [6.07, 6.45) is 16.1. The molecule has 1 aliphatic rings. The van der Waals surface area contributed by atoms with Gasteiger partial charge in [0.1, 0.15) is 0 Å². The summed E-state index contributed by atoms with van der Waals surface area (Å²) in [5.41, 5.74) is 6.15. The molecule has 3 rings (SSSR count). The van der Waals surface area contributed by atoms with E-state index in [-0.39, 0.29) is 5.41 Å². The maximum Gasteiger partial charge on any atom is 0.0215 e. The van der Waals surface area contributed by atoms with E-state index in [2.05, 4.69) is 62.4 Å². The zero-order chi connectivity index (χ0) is 19.0. The summed E-state index contributed by atoms with van der Waals surface area (Å²) in [5.74, 6) is 0. The van der Waals surface area contributed by atoms with Gasteiger partial charge in [-0.25, -0.2) is 0 Å². The smallest absolute Gasteiger partial charge is 0.0215 e. The van der Waals surface area contributed by atoms with Crippen molar-refractivity contribution in [2.45, 2.75) is 96.3 Å². The van der Waals surface area contributed by atoms with Gasteiger partial charge in [0.25, 0.3) is 0 Å². The minimum Gasteiger partial charge on any atom is -0.0654 e. The Balaban J connectivity index is 1.84. The van der Waals surface area contributed by atoms with E-state index < -0.39 is 0 Å². The third kappa shape index (κ3) is 4.48. The molecule has 0 N–H and O–H groups in total. The molecule has 0 unspecified atom stereocenters. The Morgan fingerprint density at radius 2 is 1.07 bits per heavy atom. The van der Waals surface area contributed by atoms with Crippen LogP contribution in [-0.4, -0.2) is 0 Å². The summed E-state index contributed by atoms with van der Waals surface area (Å²) in [6.45, 7) is 4.60. The molecular weight excluding hydrogens is 324 g/mol. The highest BCUT2D eigenvalue weighted by molar-refractivity contribution is 5.80. The summed E-state index contributed by atoms with van der Waals surface area (Å²) in [5, 5.41) is 0. The molecule has 0 aromatic heterocycles. The molecule has 0 bridgehead atoms. The van der Waals surface area contributed by atoms with Crippen LogP contribution in [0.4, 0.5) is 0 Å². The Kier molecular flexibility index (Phi) is 7.56. The van der Waals surface area contributed by atoms with Gasteiger partial charge in [-0.3, -0.25) is 0 Å². The second-order valence-electron chi connectivity index (χ2n) is 8.35. The molecule has 2 aromatic carbocycles. The standard InChI is InChI=1S/C27H36/c1-3-5-7-9-15-21-27(22-16-10-8-6-4-2)25-19-13-11-17-23(25)24-18-12-14-20-26(24)27/h11-12,17-20H,3-10,15-16,21-22H2,1-2H3. The van der Waals surface area contributed by atoms with Crippen LogP contribution >= 0.6 is 0 Å². The molecule has 2 radical (unpaired) electrons. The lowest BCUT2D eigenvalue weighted by atomic mass is 9.70. The summed E-state index contributed by atoms with van der Waals surface area (Å²) < 4.78 is 0. The summed E-state index contributed by atoms with van der Waals surface area (Å²) in [6, 6.07) is 20.1. The Morgan fingerprint density at radius 3 is 1.52 bits per heavy atom. The van der Waals surface area contributed by atoms with E-state index in [1.54, 1.807) is 0 Å². The Bertz CT molecular complexity index is 635. The van der Waals surface area contributed by atoms with Gasteiger partial charge >= 0.3 is 0 Å². The second kappa shape index (κ2) is 10.1. The van der Waals surface area contributed by atoms with Crippen molar-refractivity contribution < 1.29 is 0 Å². The predicted molar refractivity (Wildman–Crippen MR) is 117 cm³/mol. The van der Waals surface area contributed by atoms with Crippen LogP contribution in [0.2, 0.25) is 0 Å². The van der Waals surface area contributed by atoms with Gasteiger partial charge in [-0.2, -0.15) is 0 Å². The molecule has 0 heteroatoms. The van der Waals surface area contributed by atoms with Gasteiger partial charge in [-0.15, -0.1) is 0 Å². The monoisotopic (exact) mass is 360 g/mol. The zero-order valence-corrected chi connectivity index (χ0v) is 17.4. The Labute approximate surface area is 167 Å². The highest BCUT2D eigenvalue weighted by Crippen LogP contribution is 2.53. The van der Waals surface area contributed by atoms with Crippen molar-refractivity contribution in [1.29, 1.82) is 0 Å². The molecule has 0 fully saturated rings. The van der Waals surface area contributed by atoms with Gasteiger partial charge in [0, 0.05) is 5.41 Å². The van der Waals surface area contributed by atoms with Gasteiger partial charge in [0.2, 0.25) is 0 Å². The minimum absolute atomic E-state index is 0.193. The first kappa shape index (κ1) is 20.2. The van der Waals surface area contributed by atoms with E-state index in [1.165, 1.54) is 99.3 Å². The second-order valence-corrected chi connectivity index (χ2v) is 8.35. The van der Waals surface area contributed by atoms with E-state index >= 15 is 0 Å². The van der Waals surface area contributed by atoms with Crippen LogP contribution in [0.3, 0.4) is 0 Å². The zero-order valence-electron chi connectivity index (χ0n) is 17.4. The molecule has 0 atom stereocenters. The van der Waals surface area contributed by atoms with Crippen molar-refractivity contribution in [2.24, 2.45) is 0 Å². The minimum atomic E-state index is 0.193. The molecule has 0 aliphatic heterocycles. The fraction of sp³-hybridized carbons (Fsp3) is 0.556. The largest absolute Gasteiger partial charge is 0.0654 e. The lowest BCUT2D eigenvalue weighted by Gasteiger charge is -2.32. The summed E-state index contributed by atoms with van der Waals surface area (Å²) >= 11 is 0. The van der Waals surface area contributed by atoms with Gasteiger partial charge < -0.3 is 0 Å². The number of unbranched alkanes of at least 4 members (excludes halogenated alkanes) is 8. The van der Waals surface area contributed by atoms with Crippen LogP contribution in [0.5, 0.6) is 0 Å². The van der Waals surface area contributed by atoms with Gasteiger partial charge in [0.05, 0.1) is 0 Å². The molecule has 27 heavy (non-hydrogen) atoms. The highest BCUT2D eigenvalue weighted by Gasteiger charge is 2.41. The molecular formula is C27H36. The molecule has 1 aliphatic carbocycles. The van der Waals surface area contributed by atoms with Gasteiger partial charge in [-0.05, 0) is 59.4 Å². The summed E-state index contributed by atoms with van der Waals surface area (Å²) in [4.78, 5) is 0. The molecule has 144 valence electrons. The van der Waals surface area contributed by atoms with Gasteiger partial charge in [0.15, 0.2) is 0 Å². The molecule has 0 saturated heterocycles. The molecule has 0 nitrogen and oxygen atoms in total. The van der Waals surface area contributed by atoms with Crippen LogP contribution in [0.25, 0.3) is 11.1 Å². The van der Waals surface area contributed by atoms with Crippen molar-refractivity contribution in [3.05, 3.63) is 59.7 Å². The van der Waals surface area contributed by atoms with E-state index in [1.807, 2.05) is 0 Å². The maximum absolute atomic E-state index is 3.39. The van der Waals surface area contributed by atoms with E-state index in [9.17, 15) is 0 Å². The van der Waals surface area contributed by atoms with Crippen LogP contribution in [-0.2, 0) is 5.41 Å². The summed E-state index contributed by atoms with van der Waals surface area (Å²) in [7, 11) is 0. The quantitative estimate of drug-likeness (QED) is 0.334. The number of hydrogen-bond acceptors (Lipinski definition) is 0. The molecule has 0 saturated carbocycles. The first-order valence-electron chi connectivity index (χ1n) is 11.3. The fourth-order valence-electron chi connectivity index (χ4n) is 4.99. The predicted octanol–water partition coefficient (Wildman–Crippen LogP) is 8.27. The SMILES string of the molecule is CCCCCCCC1(CCCCCCC)c2c[c]ccc2-c2cc[c]cc21. The normalized spacial score (nSPS) is 14.1. The van der Waals surface area contributed by atoms with E-state index in [4.69, 9.17) is 0 Å². The third-order valence-electron chi connectivity index (χ3n) is 6.46. The highest BCUT2D eigenvalue weighted by atomic mass is 14.4. The average molecular weight is 361 g/mol. The average Bonchev–Trinajstić information content (AvgIpc) is 2.99. The Hall–Kier alpha value is -1.56. The molecule has 0 amide bonds. The number of benzene rings is 2. The van der Waals surface area contributed by atoms with Crippen molar-refractivity contribution in [3.8, 4) is 11.1 Å². The van der Waals surface area contributed by atoms with Crippen LogP contribution in [0.15, 0.2) is 36.4 Å². The van der Waals surface area contributed by atoms with Crippen molar-refractivity contribution in [1.82, 2.24) is 0 Å². The van der Waals surface area contributed by atoms with Crippen LogP contribution in [0.1, 0.15) is 102 Å². The fourth-order valence-corrected chi connectivity index (χ4v) is 4.99. The van der Waals surface area contributed by atoms with Crippen LogP contribution < -0.4 is 0 Å². The van der Waals surface area contributed by atoms with Crippen LogP contribution in [0, 0.1) is 12.1 Å². The van der Waals surface area contributed by atoms with E-state index in [0.29, 0.717) is 0 Å². The molecule has 2 aromatic rings. The lowest BCUT2D eigenvalue weighted by molar-refractivity contribution is 0.399. The van der Waals surface area contributed by atoms with Crippen molar-refractivity contribution >= 4 is 0 Å². The number of hydrogen-bond donors (Lipinski definition) is 0. The third-order valence-corrected chi connectivity index (χ3v) is 6.46. The first-order chi connectivity index (χ1) is 13.3. The topological polar surface area (TPSA) is 0 Å². The molecule has 0 heterocycles. The first-order valence-corrected chi connectivity index (χ1v) is 11.3. The maximum atomic E-state index is 3.39. The number of fused-ring (bicyclic) bond motifs is 3. The molecule has 0 spiro atoms. The lowest BCUT2D eigenvalue weighted by Crippen LogP contribution is -2.25. The Morgan fingerprint density at radius 1 is 0.630 bits per heavy atom. The van der Waals surface area contributed by atoms with E-state index in [0.717, 1.165) is 0 Å². The van der Waals surface area contributed by atoms with Crippen molar-refractivity contribution in [3.63, 3.8) is 0 Å². The number of rotatable bonds is 12. The van der Waals surface area contributed by atoms with Gasteiger partial charge in [-0.1, -0.05) is 102 Å². The van der Waals surface area contributed by atoms with Crippen molar-refractivity contribution in [2.75, 3.05) is 0 Å².